The van der Waals surface area contributed by atoms with E-state index in [2.05, 4.69) is 43.6 Å². The number of benzene rings is 2. The van der Waals surface area contributed by atoms with Crippen LogP contribution in [0.25, 0.3) is 0 Å². The molecule has 2 N–H and O–H groups in total. The number of aromatic nitrogens is 2. The average molecular weight is 498 g/mol. The molecule has 2 aromatic carbocycles. The van der Waals surface area contributed by atoms with Crippen molar-refractivity contribution in [2.45, 2.75) is 33.4 Å². The van der Waals surface area contributed by atoms with Gasteiger partial charge in [-0.15, -0.1) is 0 Å². The second kappa shape index (κ2) is 9.86. The Labute approximate surface area is 194 Å². The summed E-state index contributed by atoms with van der Waals surface area (Å²) in [5, 5.41) is 10.6. The van der Waals surface area contributed by atoms with Crippen LogP contribution >= 0.6 is 15.9 Å². The molecule has 1 amide bonds. The van der Waals surface area contributed by atoms with E-state index in [9.17, 15) is 4.79 Å². The number of anilines is 1. The first kappa shape index (κ1) is 21.9. The van der Waals surface area contributed by atoms with Crippen molar-refractivity contribution in [3.05, 3.63) is 70.0 Å². The smallest absolute Gasteiger partial charge is 0.258 e. The van der Waals surface area contributed by atoms with E-state index in [1.54, 1.807) is 18.2 Å². The molecule has 32 heavy (non-hydrogen) atoms. The van der Waals surface area contributed by atoms with Crippen molar-refractivity contribution in [2.75, 3.05) is 12.1 Å². The molecule has 1 aliphatic heterocycles. The highest BCUT2D eigenvalue weighted by Crippen LogP contribution is 2.32. The lowest BCUT2D eigenvalue weighted by Crippen LogP contribution is -2.36. The molecule has 0 atom stereocenters. The zero-order valence-electron chi connectivity index (χ0n) is 17.9. The third-order valence-corrected chi connectivity index (χ3v) is 5.41. The number of nitrogens with zero attached hydrogens (tertiary/aromatic N) is 3. The first-order valence-electron chi connectivity index (χ1n) is 10.3. The molecule has 1 aromatic heterocycles. The predicted octanol–water partition coefficient (Wildman–Crippen LogP) is 4.49. The Morgan fingerprint density at radius 3 is 2.75 bits per heavy atom. The highest BCUT2D eigenvalue weighted by Gasteiger charge is 2.17. The zero-order valence-corrected chi connectivity index (χ0v) is 19.5. The van der Waals surface area contributed by atoms with Gasteiger partial charge in [-0.2, -0.15) is 5.10 Å². The van der Waals surface area contributed by atoms with E-state index in [1.807, 2.05) is 42.1 Å². The molecule has 0 aliphatic carbocycles. The van der Waals surface area contributed by atoms with Crippen LogP contribution in [0.5, 0.6) is 11.5 Å². The van der Waals surface area contributed by atoms with Gasteiger partial charge < -0.3 is 14.8 Å². The summed E-state index contributed by atoms with van der Waals surface area (Å²) >= 11 is 3.43. The van der Waals surface area contributed by atoms with Crippen LogP contribution in [-0.2, 0) is 13.1 Å². The number of aryl methyl sites for hydroxylation is 2. The lowest BCUT2D eigenvalue weighted by Gasteiger charge is -2.12. The molecule has 2 heterocycles. The third-order valence-electron chi connectivity index (χ3n) is 4.88. The fourth-order valence-corrected chi connectivity index (χ4v) is 3.48. The van der Waals surface area contributed by atoms with E-state index in [4.69, 9.17) is 9.47 Å². The minimum atomic E-state index is -0.301. The van der Waals surface area contributed by atoms with Gasteiger partial charge in [0.15, 0.2) is 11.5 Å². The lowest BCUT2D eigenvalue weighted by atomic mass is 10.2. The van der Waals surface area contributed by atoms with Crippen molar-refractivity contribution in [1.29, 1.82) is 0 Å². The standard InChI is InChI=1S/C23H24BrN5O3/c1-3-10-29-13-17(15(2)28-29)12-25-23(26-19-7-5-18(24)6-8-19)27-22(30)16-4-9-20-21(11-16)32-14-31-20/h4-9,11,13H,3,10,12,14H2,1-2H3,(H2,25,26,27,30). The van der Waals surface area contributed by atoms with Gasteiger partial charge in [-0.1, -0.05) is 22.9 Å². The maximum atomic E-state index is 12.9. The number of halogens is 1. The van der Waals surface area contributed by atoms with Gasteiger partial charge in [0, 0.05) is 34.0 Å². The number of guanidine groups is 1. The maximum Gasteiger partial charge on any atom is 0.258 e. The molecule has 0 fully saturated rings. The Kier molecular flexibility index (Phi) is 6.75. The van der Waals surface area contributed by atoms with Crippen molar-refractivity contribution in [3.8, 4) is 11.5 Å². The van der Waals surface area contributed by atoms with E-state index in [1.165, 1.54) is 0 Å². The minimum absolute atomic E-state index is 0.156. The van der Waals surface area contributed by atoms with Crippen LogP contribution in [0.15, 0.2) is 58.1 Å². The van der Waals surface area contributed by atoms with Crippen molar-refractivity contribution >= 4 is 33.5 Å². The molecule has 0 saturated carbocycles. The normalized spacial score (nSPS) is 12.7. The van der Waals surface area contributed by atoms with Crippen molar-refractivity contribution in [2.24, 2.45) is 4.99 Å². The minimum Gasteiger partial charge on any atom is -0.454 e. The van der Waals surface area contributed by atoms with E-state index in [0.29, 0.717) is 29.6 Å². The van der Waals surface area contributed by atoms with Crippen LogP contribution < -0.4 is 20.1 Å². The number of hydrogen-bond acceptors (Lipinski definition) is 5. The largest absolute Gasteiger partial charge is 0.454 e. The number of ether oxygens (including phenoxy) is 2. The van der Waals surface area contributed by atoms with Crippen LogP contribution in [0.1, 0.15) is 35.0 Å². The van der Waals surface area contributed by atoms with Crippen LogP contribution in [0.4, 0.5) is 5.69 Å². The van der Waals surface area contributed by atoms with Crippen LogP contribution in [0.3, 0.4) is 0 Å². The quantitative estimate of drug-likeness (QED) is 0.386. The summed E-state index contributed by atoms with van der Waals surface area (Å²) in [6, 6.07) is 12.7. The number of carbonyl (C=O) groups excluding carboxylic acids is 1. The Hall–Kier alpha value is -3.33. The summed E-state index contributed by atoms with van der Waals surface area (Å²) in [4.78, 5) is 17.6. The highest BCUT2D eigenvalue weighted by atomic mass is 79.9. The number of rotatable bonds is 6. The number of carbonyl (C=O) groups is 1. The monoisotopic (exact) mass is 497 g/mol. The Bertz CT molecular complexity index is 1140. The number of aliphatic imine (C=N–C) groups is 1. The number of amides is 1. The summed E-state index contributed by atoms with van der Waals surface area (Å²) in [7, 11) is 0. The van der Waals surface area contributed by atoms with Gasteiger partial charge in [-0.25, -0.2) is 4.99 Å². The molecule has 0 radical (unpaired) electrons. The SMILES string of the molecule is CCCn1cc(CN=C(NC(=O)c2ccc3c(c2)OCO3)Nc2ccc(Br)cc2)c(C)n1. The number of hydrogen-bond donors (Lipinski definition) is 2. The number of fused-ring (bicyclic) bond motifs is 1. The molecular weight excluding hydrogens is 474 g/mol. The summed E-state index contributed by atoms with van der Waals surface area (Å²) in [6.07, 6.45) is 3.00. The predicted molar refractivity (Wildman–Crippen MR) is 126 cm³/mol. The highest BCUT2D eigenvalue weighted by molar-refractivity contribution is 9.10. The maximum absolute atomic E-state index is 12.9. The van der Waals surface area contributed by atoms with Gasteiger partial charge in [0.1, 0.15) is 0 Å². The zero-order chi connectivity index (χ0) is 22.5. The van der Waals surface area contributed by atoms with Gasteiger partial charge in [0.05, 0.1) is 12.2 Å². The fraction of sp³-hybridized carbons (Fsp3) is 0.261. The van der Waals surface area contributed by atoms with Crippen LogP contribution in [-0.4, -0.2) is 28.4 Å². The van der Waals surface area contributed by atoms with Crippen LogP contribution in [0.2, 0.25) is 0 Å². The van der Waals surface area contributed by atoms with E-state index < -0.39 is 0 Å². The van der Waals surface area contributed by atoms with Gasteiger partial charge in [-0.05, 0) is 55.8 Å². The fourth-order valence-electron chi connectivity index (χ4n) is 3.22. The Morgan fingerprint density at radius 2 is 1.97 bits per heavy atom. The number of nitrogens with one attached hydrogen (secondary N) is 2. The van der Waals surface area contributed by atoms with Gasteiger partial charge in [-0.3, -0.25) is 14.8 Å². The van der Waals surface area contributed by atoms with Gasteiger partial charge in [0.25, 0.3) is 5.91 Å². The molecule has 0 saturated heterocycles. The third kappa shape index (κ3) is 5.28. The molecule has 0 unspecified atom stereocenters. The molecule has 4 rings (SSSR count). The summed E-state index contributed by atoms with van der Waals surface area (Å²) in [5.74, 6) is 1.22. The van der Waals surface area contributed by atoms with E-state index in [0.717, 1.165) is 34.4 Å². The van der Waals surface area contributed by atoms with Crippen molar-refractivity contribution < 1.29 is 14.3 Å². The second-order valence-corrected chi connectivity index (χ2v) is 8.24. The lowest BCUT2D eigenvalue weighted by molar-refractivity contribution is 0.0976. The van der Waals surface area contributed by atoms with E-state index >= 15 is 0 Å². The molecule has 0 bridgehead atoms. The average Bonchev–Trinajstić information content (AvgIpc) is 3.39. The Morgan fingerprint density at radius 1 is 1.19 bits per heavy atom. The molecule has 3 aromatic rings. The first-order valence-corrected chi connectivity index (χ1v) is 11.1. The summed E-state index contributed by atoms with van der Waals surface area (Å²) in [6.45, 7) is 5.47. The van der Waals surface area contributed by atoms with Crippen LogP contribution in [0, 0.1) is 6.92 Å². The molecule has 166 valence electrons. The van der Waals surface area contributed by atoms with Crippen molar-refractivity contribution in [1.82, 2.24) is 15.1 Å². The van der Waals surface area contributed by atoms with E-state index in [-0.39, 0.29) is 12.7 Å². The Balaban J connectivity index is 1.54. The summed E-state index contributed by atoms with van der Waals surface area (Å²) < 4.78 is 13.6. The molecule has 8 nitrogen and oxygen atoms in total. The molecule has 9 heteroatoms. The van der Waals surface area contributed by atoms with Gasteiger partial charge >= 0.3 is 0 Å². The first-order chi connectivity index (χ1) is 15.5. The summed E-state index contributed by atoms with van der Waals surface area (Å²) in [5.41, 5.74) is 3.18. The topological polar surface area (TPSA) is 89.8 Å². The molecule has 1 aliphatic rings. The molecular formula is C23H24BrN5O3. The van der Waals surface area contributed by atoms with Crippen molar-refractivity contribution in [3.63, 3.8) is 0 Å². The van der Waals surface area contributed by atoms with Gasteiger partial charge in [0.2, 0.25) is 12.8 Å². The second-order valence-electron chi connectivity index (χ2n) is 7.32. The molecule has 0 spiro atoms.